The average molecular weight is 213 g/mol. The van der Waals surface area contributed by atoms with Gasteiger partial charge in [-0.1, -0.05) is 41.5 Å². The molecule has 1 atom stereocenters. The number of nitrogens with two attached hydrogens (primary N) is 1. The second-order valence-electron chi connectivity index (χ2n) is 6.65. The number of carbonyl (C=O) groups is 1. The minimum atomic E-state index is -0.245. The van der Waals surface area contributed by atoms with Gasteiger partial charge in [-0.25, -0.2) is 0 Å². The molecule has 0 radical (unpaired) electrons. The Morgan fingerprint density at radius 3 is 1.87 bits per heavy atom. The summed E-state index contributed by atoms with van der Waals surface area (Å²) in [5.74, 6) is 0.470. The molecule has 15 heavy (non-hydrogen) atoms. The van der Waals surface area contributed by atoms with E-state index in [0.717, 1.165) is 12.8 Å². The van der Waals surface area contributed by atoms with Gasteiger partial charge in [-0.3, -0.25) is 4.79 Å². The van der Waals surface area contributed by atoms with Crippen molar-refractivity contribution >= 4 is 5.78 Å². The summed E-state index contributed by atoms with van der Waals surface area (Å²) in [7, 11) is 0. The second-order valence-corrected chi connectivity index (χ2v) is 6.65. The zero-order valence-corrected chi connectivity index (χ0v) is 11.2. The second kappa shape index (κ2) is 5.11. The molecule has 0 amide bonds. The Bertz CT molecular complexity index is 208. The van der Waals surface area contributed by atoms with Gasteiger partial charge < -0.3 is 5.73 Å². The van der Waals surface area contributed by atoms with Crippen molar-refractivity contribution in [1.29, 1.82) is 0 Å². The van der Waals surface area contributed by atoms with Crippen LogP contribution in [0.5, 0.6) is 0 Å². The van der Waals surface area contributed by atoms with E-state index in [0.29, 0.717) is 12.3 Å². The van der Waals surface area contributed by atoms with E-state index in [4.69, 9.17) is 5.73 Å². The summed E-state index contributed by atoms with van der Waals surface area (Å²) in [6.45, 7) is 13.1. The molecule has 0 rings (SSSR count). The third-order valence-electron chi connectivity index (χ3n) is 2.48. The molecule has 0 saturated carbocycles. The average Bonchev–Trinajstić information content (AvgIpc) is 1.98. The summed E-state index contributed by atoms with van der Waals surface area (Å²) in [6.07, 6.45) is 1.74. The summed E-state index contributed by atoms with van der Waals surface area (Å²) in [6, 6.07) is 0. The fourth-order valence-corrected chi connectivity index (χ4v) is 1.88. The summed E-state index contributed by atoms with van der Waals surface area (Å²) in [4.78, 5) is 12.2. The monoisotopic (exact) mass is 213 g/mol. The van der Waals surface area contributed by atoms with Crippen LogP contribution in [0.4, 0.5) is 0 Å². The highest BCUT2D eigenvalue weighted by Crippen LogP contribution is 2.31. The fourth-order valence-electron chi connectivity index (χ4n) is 1.88. The molecule has 0 aromatic rings. The number of ketones is 1. The Morgan fingerprint density at radius 1 is 1.13 bits per heavy atom. The van der Waals surface area contributed by atoms with Crippen LogP contribution >= 0.6 is 0 Å². The van der Waals surface area contributed by atoms with Crippen molar-refractivity contribution in [3.05, 3.63) is 0 Å². The van der Waals surface area contributed by atoms with Gasteiger partial charge in [-0.2, -0.15) is 0 Å². The highest BCUT2D eigenvalue weighted by molar-refractivity contribution is 5.86. The Hall–Kier alpha value is -0.370. The topological polar surface area (TPSA) is 43.1 Å². The van der Waals surface area contributed by atoms with Crippen molar-refractivity contribution < 1.29 is 4.79 Å². The first-order chi connectivity index (χ1) is 6.58. The highest BCUT2D eigenvalue weighted by Gasteiger charge is 2.31. The molecule has 0 spiro atoms. The third-order valence-corrected chi connectivity index (χ3v) is 2.48. The van der Waals surface area contributed by atoms with Gasteiger partial charge in [0.15, 0.2) is 0 Å². The summed E-state index contributed by atoms with van der Waals surface area (Å²) in [5.41, 5.74) is 5.53. The Balaban J connectivity index is 4.60. The van der Waals surface area contributed by atoms with E-state index in [1.807, 2.05) is 20.8 Å². The minimum absolute atomic E-state index is 0.120. The molecule has 0 aromatic heterocycles. The van der Waals surface area contributed by atoms with Gasteiger partial charge >= 0.3 is 0 Å². The lowest BCUT2D eigenvalue weighted by Gasteiger charge is -2.29. The van der Waals surface area contributed by atoms with E-state index in [1.165, 1.54) is 0 Å². The van der Waals surface area contributed by atoms with Crippen LogP contribution in [0.1, 0.15) is 54.4 Å². The van der Waals surface area contributed by atoms with E-state index < -0.39 is 0 Å². The van der Waals surface area contributed by atoms with Crippen molar-refractivity contribution in [2.75, 3.05) is 6.54 Å². The number of carbonyl (C=O) groups excluding carboxylic acids is 1. The van der Waals surface area contributed by atoms with Crippen molar-refractivity contribution in [2.45, 2.75) is 54.4 Å². The van der Waals surface area contributed by atoms with Gasteiger partial charge in [-0.15, -0.1) is 0 Å². The van der Waals surface area contributed by atoms with Gasteiger partial charge in [0.2, 0.25) is 0 Å². The molecule has 2 N–H and O–H groups in total. The normalized spacial score (nSPS) is 15.1. The molecule has 0 fully saturated rings. The van der Waals surface area contributed by atoms with Crippen LogP contribution in [0, 0.1) is 16.7 Å². The zero-order chi connectivity index (χ0) is 12.3. The lowest BCUT2D eigenvalue weighted by molar-refractivity contribution is -0.131. The minimum Gasteiger partial charge on any atom is -0.330 e. The number of rotatable bonds is 4. The Morgan fingerprint density at radius 2 is 1.60 bits per heavy atom. The van der Waals surface area contributed by atoms with Crippen molar-refractivity contribution in [1.82, 2.24) is 0 Å². The van der Waals surface area contributed by atoms with Gasteiger partial charge in [0.1, 0.15) is 5.78 Å². The smallest absolute Gasteiger partial charge is 0.141 e. The van der Waals surface area contributed by atoms with Crippen LogP contribution in [-0.4, -0.2) is 12.3 Å². The predicted molar refractivity (Wildman–Crippen MR) is 65.7 cm³/mol. The third kappa shape index (κ3) is 5.93. The molecular weight excluding hydrogens is 186 g/mol. The van der Waals surface area contributed by atoms with Gasteiger partial charge in [0, 0.05) is 11.3 Å². The van der Waals surface area contributed by atoms with Gasteiger partial charge in [-0.05, 0) is 24.8 Å². The molecule has 0 saturated heterocycles. The molecule has 90 valence electrons. The zero-order valence-electron chi connectivity index (χ0n) is 11.2. The summed E-state index contributed by atoms with van der Waals surface area (Å²) < 4.78 is 0. The van der Waals surface area contributed by atoms with E-state index >= 15 is 0 Å². The standard InChI is InChI=1S/C13H27NO/c1-12(2,3)9-10(7-8-14)11(15)13(4,5)6/h10H,7-9,14H2,1-6H3. The molecule has 2 nitrogen and oxygen atoms in total. The first kappa shape index (κ1) is 14.6. The molecule has 0 aliphatic heterocycles. The highest BCUT2D eigenvalue weighted by atomic mass is 16.1. The van der Waals surface area contributed by atoms with Crippen molar-refractivity contribution in [3.8, 4) is 0 Å². The number of hydrogen-bond donors (Lipinski definition) is 1. The number of hydrogen-bond acceptors (Lipinski definition) is 2. The molecule has 0 heterocycles. The molecule has 2 heteroatoms. The lowest BCUT2D eigenvalue weighted by Crippen LogP contribution is -2.32. The first-order valence-electron chi connectivity index (χ1n) is 5.82. The maximum Gasteiger partial charge on any atom is 0.141 e. The van der Waals surface area contributed by atoms with Crippen molar-refractivity contribution in [3.63, 3.8) is 0 Å². The first-order valence-corrected chi connectivity index (χ1v) is 5.82. The lowest BCUT2D eigenvalue weighted by atomic mass is 9.74. The van der Waals surface area contributed by atoms with E-state index in [2.05, 4.69) is 20.8 Å². The molecule has 0 aliphatic carbocycles. The van der Waals surface area contributed by atoms with E-state index in [9.17, 15) is 4.79 Å². The summed E-state index contributed by atoms with van der Waals surface area (Å²) in [5, 5.41) is 0. The maximum absolute atomic E-state index is 12.2. The Labute approximate surface area is 94.6 Å². The summed E-state index contributed by atoms with van der Waals surface area (Å²) >= 11 is 0. The van der Waals surface area contributed by atoms with E-state index in [-0.39, 0.29) is 16.7 Å². The Kier molecular flexibility index (Phi) is 4.98. The van der Waals surface area contributed by atoms with Crippen LogP contribution in [0.15, 0.2) is 0 Å². The van der Waals surface area contributed by atoms with Gasteiger partial charge in [0.25, 0.3) is 0 Å². The van der Waals surface area contributed by atoms with Gasteiger partial charge in [0.05, 0.1) is 0 Å². The van der Waals surface area contributed by atoms with Crippen LogP contribution in [0.2, 0.25) is 0 Å². The van der Waals surface area contributed by atoms with Crippen LogP contribution in [0.3, 0.4) is 0 Å². The predicted octanol–water partition coefficient (Wildman–Crippen LogP) is 3.00. The molecule has 0 aliphatic rings. The van der Waals surface area contributed by atoms with Crippen molar-refractivity contribution in [2.24, 2.45) is 22.5 Å². The maximum atomic E-state index is 12.2. The molecule has 0 aromatic carbocycles. The quantitative estimate of drug-likeness (QED) is 0.780. The van der Waals surface area contributed by atoms with Crippen LogP contribution < -0.4 is 5.73 Å². The van der Waals surface area contributed by atoms with Crippen LogP contribution in [-0.2, 0) is 4.79 Å². The SMILES string of the molecule is CC(C)(C)CC(CCN)C(=O)C(C)(C)C. The molecule has 0 bridgehead atoms. The number of Topliss-reactive ketones (excluding diaryl/α,β-unsaturated/α-hetero) is 1. The van der Waals surface area contributed by atoms with E-state index in [1.54, 1.807) is 0 Å². The molecular formula is C13H27NO. The van der Waals surface area contributed by atoms with Crippen LogP contribution in [0.25, 0.3) is 0 Å². The molecule has 1 unspecified atom stereocenters. The largest absolute Gasteiger partial charge is 0.330 e. The fraction of sp³-hybridized carbons (Fsp3) is 0.923.